The molecule has 2 aromatic rings. The molecular formula is C15H14O4. The number of ether oxygens (including phenoxy) is 1. The fraction of sp³-hybridized carbons (Fsp3) is 0.200. The van der Waals surface area contributed by atoms with E-state index in [2.05, 4.69) is 0 Å². The average molecular weight is 258 g/mol. The molecule has 0 saturated heterocycles. The predicted octanol–water partition coefficient (Wildman–Crippen LogP) is 3.10. The number of hydrogen-bond donors (Lipinski definition) is 1. The molecule has 1 N–H and O–H groups in total. The zero-order valence-corrected chi connectivity index (χ0v) is 10.7. The summed E-state index contributed by atoms with van der Waals surface area (Å²) in [6.07, 6.45) is -0.250. The average Bonchev–Trinajstić information content (AvgIpc) is 2.36. The summed E-state index contributed by atoms with van der Waals surface area (Å²) in [6.45, 7) is 3.50. The number of carboxylic acid groups (broad SMARTS) is 1. The summed E-state index contributed by atoms with van der Waals surface area (Å²) in [7, 11) is 0. The van der Waals surface area contributed by atoms with Gasteiger partial charge in [-0.1, -0.05) is 24.3 Å². The van der Waals surface area contributed by atoms with Gasteiger partial charge in [-0.2, -0.15) is 0 Å². The Morgan fingerprint density at radius 2 is 1.63 bits per heavy atom. The molecule has 0 bridgehead atoms. The molecule has 0 aromatic heterocycles. The monoisotopic (exact) mass is 258 g/mol. The second-order valence-corrected chi connectivity index (χ2v) is 4.47. The molecule has 0 radical (unpaired) electrons. The van der Waals surface area contributed by atoms with Gasteiger partial charge in [-0.15, -0.1) is 0 Å². The third-order valence-electron chi connectivity index (χ3n) is 2.70. The molecule has 0 unspecified atom stereocenters. The minimum atomic E-state index is -1.06. The van der Waals surface area contributed by atoms with Gasteiger partial charge in [0.1, 0.15) is 0 Å². The number of fused-ring (bicyclic) bond motifs is 1. The van der Waals surface area contributed by atoms with Crippen molar-refractivity contribution >= 4 is 22.7 Å². The molecule has 0 aliphatic rings. The Labute approximate surface area is 110 Å². The molecule has 4 heteroatoms. The number of esters is 1. The van der Waals surface area contributed by atoms with Crippen LogP contribution in [0.15, 0.2) is 36.4 Å². The molecule has 0 spiro atoms. The van der Waals surface area contributed by atoms with Gasteiger partial charge in [-0.05, 0) is 31.4 Å². The van der Waals surface area contributed by atoms with E-state index in [0.717, 1.165) is 0 Å². The quantitative estimate of drug-likeness (QED) is 0.859. The van der Waals surface area contributed by atoms with Gasteiger partial charge in [0.2, 0.25) is 0 Å². The first-order chi connectivity index (χ1) is 9.00. The normalized spacial score (nSPS) is 10.7. The zero-order valence-electron chi connectivity index (χ0n) is 10.7. The second-order valence-electron chi connectivity index (χ2n) is 4.47. The van der Waals surface area contributed by atoms with Crippen molar-refractivity contribution in [3.8, 4) is 0 Å². The van der Waals surface area contributed by atoms with Crippen LogP contribution in [-0.2, 0) is 4.74 Å². The van der Waals surface area contributed by atoms with Crippen molar-refractivity contribution in [1.82, 2.24) is 0 Å². The maximum atomic E-state index is 12.0. The second kappa shape index (κ2) is 5.10. The number of carbonyl (C=O) groups excluding carboxylic acids is 1. The lowest BCUT2D eigenvalue weighted by Gasteiger charge is -2.11. The highest BCUT2D eigenvalue weighted by atomic mass is 16.5. The van der Waals surface area contributed by atoms with Crippen molar-refractivity contribution in [2.24, 2.45) is 0 Å². The SMILES string of the molecule is CC(C)OC(=O)c1cccc2cccc(C(=O)O)c12. The number of benzene rings is 2. The van der Waals surface area contributed by atoms with E-state index in [0.29, 0.717) is 10.8 Å². The molecule has 4 nitrogen and oxygen atoms in total. The fourth-order valence-electron chi connectivity index (χ4n) is 1.97. The highest BCUT2D eigenvalue weighted by Gasteiger charge is 2.17. The fourth-order valence-corrected chi connectivity index (χ4v) is 1.97. The summed E-state index contributed by atoms with van der Waals surface area (Å²) in [5.74, 6) is -1.57. The first-order valence-corrected chi connectivity index (χ1v) is 5.96. The summed E-state index contributed by atoms with van der Waals surface area (Å²) >= 11 is 0. The van der Waals surface area contributed by atoms with Gasteiger partial charge in [0.05, 0.1) is 17.2 Å². The van der Waals surface area contributed by atoms with Crippen LogP contribution in [0.2, 0.25) is 0 Å². The summed E-state index contributed by atoms with van der Waals surface area (Å²) in [4.78, 5) is 23.3. The Hall–Kier alpha value is -2.36. The summed E-state index contributed by atoms with van der Waals surface area (Å²) in [5, 5.41) is 10.3. The highest BCUT2D eigenvalue weighted by Crippen LogP contribution is 2.24. The summed E-state index contributed by atoms with van der Waals surface area (Å²) in [6, 6.07) is 9.98. The van der Waals surface area contributed by atoms with Gasteiger partial charge < -0.3 is 9.84 Å². The van der Waals surface area contributed by atoms with Gasteiger partial charge >= 0.3 is 11.9 Å². The van der Waals surface area contributed by atoms with Gasteiger partial charge in [-0.25, -0.2) is 9.59 Å². The molecule has 0 fully saturated rings. The Morgan fingerprint density at radius 1 is 1.05 bits per heavy atom. The van der Waals surface area contributed by atoms with Crippen LogP contribution >= 0.6 is 0 Å². The third-order valence-corrected chi connectivity index (χ3v) is 2.70. The van der Waals surface area contributed by atoms with Crippen molar-refractivity contribution in [3.05, 3.63) is 47.5 Å². The molecule has 0 saturated carbocycles. The van der Waals surface area contributed by atoms with Crippen LogP contribution in [0.4, 0.5) is 0 Å². The van der Waals surface area contributed by atoms with E-state index >= 15 is 0 Å². The van der Waals surface area contributed by atoms with Crippen LogP contribution in [0.1, 0.15) is 34.6 Å². The lowest BCUT2D eigenvalue weighted by atomic mass is 9.99. The van der Waals surface area contributed by atoms with Crippen molar-refractivity contribution in [1.29, 1.82) is 0 Å². The molecule has 2 rings (SSSR count). The van der Waals surface area contributed by atoms with Gasteiger partial charge in [0, 0.05) is 5.39 Å². The number of carbonyl (C=O) groups is 2. The van der Waals surface area contributed by atoms with Gasteiger partial charge in [0.15, 0.2) is 0 Å². The number of hydrogen-bond acceptors (Lipinski definition) is 3. The van der Waals surface area contributed by atoms with Gasteiger partial charge in [0.25, 0.3) is 0 Å². The van der Waals surface area contributed by atoms with Crippen LogP contribution in [0.5, 0.6) is 0 Å². The molecule has 98 valence electrons. The molecule has 0 heterocycles. The summed E-state index contributed by atoms with van der Waals surface area (Å²) < 4.78 is 5.15. The number of aromatic carboxylic acids is 1. The third kappa shape index (κ3) is 2.57. The van der Waals surface area contributed by atoms with Crippen LogP contribution < -0.4 is 0 Å². The Bertz CT molecular complexity index is 638. The smallest absolute Gasteiger partial charge is 0.339 e. The van der Waals surface area contributed by atoms with Gasteiger partial charge in [-0.3, -0.25) is 0 Å². The summed E-state index contributed by atoms with van der Waals surface area (Å²) in [5.41, 5.74) is 0.387. The largest absolute Gasteiger partial charge is 0.478 e. The van der Waals surface area contributed by atoms with E-state index in [-0.39, 0.29) is 17.2 Å². The molecular weight excluding hydrogens is 244 g/mol. The topological polar surface area (TPSA) is 63.6 Å². The molecule has 0 amide bonds. The van der Waals surface area contributed by atoms with E-state index in [4.69, 9.17) is 4.74 Å². The van der Waals surface area contributed by atoms with Crippen molar-refractivity contribution in [2.45, 2.75) is 20.0 Å². The molecule has 19 heavy (non-hydrogen) atoms. The van der Waals surface area contributed by atoms with Crippen molar-refractivity contribution in [2.75, 3.05) is 0 Å². The first kappa shape index (κ1) is 13.1. The van der Waals surface area contributed by atoms with E-state index < -0.39 is 11.9 Å². The highest BCUT2D eigenvalue weighted by molar-refractivity contribution is 6.12. The van der Waals surface area contributed by atoms with Crippen LogP contribution in [0.25, 0.3) is 10.8 Å². The maximum absolute atomic E-state index is 12.0. The maximum Gasteiger partial charge on any atom is 0.339 e. The Morgan fingerprint density at radius 3 is 2.16 bits per heavy atom. The van der Waals surface area contributed by atoms with Crippen molar-refractivity contribution < 1.29 is 19.4 Å². The lowest BCUT2D eigenvalue weighted by molar-refractivity contribution is 0.0380. The van der Waals surface area contributed by atoms with E-state index in [1.165, 1.54) is 6.07 Å². The van der Waals surface area contributed by atoms with E-state index in [9.17, 15) is 14.7 Å². The number of carboxylic acids is 1. The molecule has 0 aliphatic heterocycles. The lowest BCUT2D eigenvalue weighted by Crippen LogP contribution is -2.13. The predicted molar refractivity (Wildman–Crippen MR) is 71.5 cm³/mol. The minimum Gasteiger partial charge on any atom is -0.478 e. The van der Waals surface area contributed by atoms with Crippen molar-refractivity contribution in [3.63, 3.8) is 0 Å². The Kier molecular flexibility index (Phi) is 3.51. The van der Waals surface area contributed by atoms with Crippen LogP contribution in [0.3, 0.4) is 0 Å². The molecule has 2 aromatic carbocycles. The van der Waals surface area contributed by atoms with E-state index in [1.807, 2.05) is 0 Å². The van der Waals surface area contributed by atoms with Crippen LogP contribution in [0, 0.1) is 0 Å². The first-order valence-electron chi connectivity index (χ1n) is 5.96. The minimum absolute atomic E-state index is 0.105. The van der Waals surface area contributed by atoms with E-state index in [1.54, 1.807) is 44.2 Å². The van der Waals surface area contributed by atoms with Crippen LogP contribution in [-0.4, -0.2) is 23.1 Å². The number of rotatable bonds is 3. The molecule has 0 aliphatic carbocycles. The Balaban J connectivity index is 2.67. The molecule has 0 atom stereocenters. The standard InChI is InChI=1S/C15H14O4/c1-9(2)19-15(18)12-8-4-6-10-5-3-7-11(13(10)12)14(16)17/h3-9H,1-2H3,(H,16,17). The zero-order chi connectivity index (χ0) is 14.0.